The summed E-state index contributed by atoms with van der Waals surface area (Å²) in [5, 5.41) is 24.6. The molecule has 0 bridgehead atoms. The van der Waals surface area contributed by atoms with Crippen molar-refractivity contribution in [3.05, 3.63) is 68.7 Å². The fourth-order valence-corrected chi connectivity index (χ4v) is 2.55. The molecule has 2 aromatic rings. The van der Waals surface area contributed by atoms with Crippen molar-refractivity contribution in [2.24, 2.45) is 0 Å². The number of benzene rings is 2. The number of hydrogen-bond donors (Lipinski definition) is 1. The Morgan fingerprint density at radius 1 is 1.23 bits per heavy atom. The number of nitro benzene ring substituents is 1. The van der Waals surface area contributed by atoms with E-state index in [-0.39, 0.29) is 21.8 Å². The first-order chi connectivity index (χ1) is 12.3. The molecule has 0 heterocycles. The molecule has 0 radical (unpaired) electrons. The summed E-state index contributed by atoms with van der Waals surface area (Å²) in [6.07, 6.45) is -0.594. The molecule has 9 heteroatoms. The number of methoxy groups -OCH3 is 1. The summed E-state index contributed by atoms with van der Waals surface area (Å²) in [5.74, 6) is -1.45. The smallest absolute Gasteiger partial charge is 0.269 e. The van der Waals surface area contributed by atoms with Crippen molar-refractivity contribution >= 4 is 29.2 Å². The minimum atomic E-state index is -1.44. The molecule has 0 aromatic heterocycles. The van der Waals surface area contributed by atoms with Crippen molar-refractivity contribution in [1.82, 2.24) is 5.32 Å². The highest BCUT2D eigenvalue weighted by Crippen LogP contribution is 2.29. The Bertz CT molecular complexity index is 838. The minimum Gasteiger partial charge on any atom is -0.550 e. The average Bonchev–Trinajstić information content (AvgIpc) is 2.61. The van der Waals surface area contributed by atoms with Crippen molar-refractivity contribution in [3.8, 4) is 5.75 Å². The number of ether oxygens (including phenoxy) is 1. The van der Waals surface area contributed by atoms with Gasteiger partial charge in [-0.15, -0.1) is 0 Å². The van der Waals surface area contributed by atoms with Crippen molar-refractivity contribution in [2.45, 2.75) is 12.5 Å². The Morgan fingerprint density at radius 3 is 2.42 bits per heavy atom. The summed E-state index contributed by atoms with van der Waals surface area (Å²) in [6, 6.07) is 8.64. The van der Waals surface area contributed by atoms with E-state index < -0.39 is 29.3 Å². The highest BCUT2D eigenvalue weighted by molar-refractivity contribution is 6.31. The molecule has 2 rings (SSSR count). The molecule has 0 unspecified atom stereocenters. The van der Waals surface area contributed by atoms with Gasteiger partial charge in [0.05, 0.1) is 18.1 Å². The molecule has 0 saturated carbocycles. The highest BCUT2D eigenvalue weighted by atomic mass is 35.5. The second-order valence-corrected chi connectivity index (χ2v) is 5.70. The average molecular weight is 378 g/mol. The van der Waals surface area contributed by atoms with Gasteiger partial charge in [0.15, 0.2) is 0 Å². The first-order valence-corrected chi connectivity index (χ1v) is 7.78. The van der Waals surface area contributed by atoms with Gasteiger partial charge in [-0.2, -0.15) is 0 Å². The largest absolute Gasteiger partial charge is 0.550 e. The number of amides is 1. The van der Waals surface area contributed by atoms with Gasteiger partial charge < -0.3 is 20.0 Å². The lowest BCUT2D eigenvalue weighted by atomic mass is 10.0. The third-order valence-corrected chi connectivity index (χ3v) is 3.94. The molecule has 0 aliphatic carbocycles. The van der Waals surface area contributed by atoms with Crippen LogP contribution in [0.1, 0.15) is 28.4 Å². The van der Waals surface area contributed by atoms with Crippen LogP contribution in [-0.4, -0.2) is 23.9 Å². The second kappa shape index (κ2) is 8.30. The third kappa shape index (κ3) is 4.70. The number of hydrogen-bond acceptors (Lipinski definition) is 6. The fourth-order valence-electron chi connectivity index (χ4n) is 2.30. The van der Waals surface area contributed by atoms with Crippen LogP contribution >= 0.6 is 11.6 Å². The van der Waals surface area contributed by atoms with Crippen LogP contribution < -0.4 is 15.2 Å². The Hall–Kier alpha value is -3.13. The Labute approximate surface area is 153 Å². The number of carboxylic acid groups (broad SMARTS) is 1. The number of nitrogens with zero attached hydrogens (tertiary/aromatic N) is 1. The third-order valence-electron chi connectivity index (χ3n) is 3.59. The number of carbonyl (C=O) groups excluding carboxylic acids is 2. The standard InChI is InChI=1S/C17H15ClN2O6/c1-26-12-5-2-10(3-6-12)17(23)19-15(9-16(21)22)13-8-11(20(24)25)4-7-14(13)18/h2-8,15H,9H2,1H3,(H,19,23)(H,21,22)/p-1/t15-/m1/s1. The molecule has 1 N–H and O–H groups in total. The van der Waals surface area contributed by atoms with E-state index >= 15 is 0 Å². The van der Waals surface area contributed by atoms with E-state index in [1.807, 2.05) is 0 Å². The maximum atomic E-state index is 12.4. The quantitative estimate of drug-likeness (QED) is 0.580. The summed E-state index contributed by atoms with van der Waals surface area (Å²) in [5.41, 5.74) is 0.106. The van der Waals surface area contributed by atoms with Crippen molar-refractivity contribution in [1.29, 1.82) is 0 Å². The molecule has 0 aliphatic rings. The molecule has 136 valence electrons. The molecule has 0 saturated heterocycles. The van der Waals surface area contributed by atoms with Gasteiger partial charge in [-0.25, -0.2) is 0 Å². The Morgan fingerprint density at radius 2 is 1.88 bits per heavy atom. The number of carbonyl (C=O) groups is 2. The van der Waals surface area contributed by atoms with Gasteiger partial charge in [0.25, 0.3) is 11.6 Å². The molecule has 8 nitrogen and oxygen atoms in total. The number of nitrogens with one attached hydrogen (secondary N) is 1. The number of rotatable bonds is 7. The summed E-state index contributed by atoms with van der Waals surface area (Å²) >= 11 is 6.04. The van der Waals surface area contributed by atoms with Crippen molar-refractivity contribution in [2.75, 3.05) is 7.11 Å². The molecular weight excluding hydrogens is 364 g/mol. The number of halogens is 1. The Balaban J connectivity index is 2.32. The van der Waals surface area contributed by atoms with Crippen LogP contribution in [0.3, 0.4) is 0 Å². The maximum Gasteiger partial charge on any atom is 0.269 e. The number of aliphatic carboxylic acids is 1. The fraction of sp³-hybridized carbons (Fsp3) is 0.176. The van der Waals surface area contributed by atoms with Crippen LogP contribution in [0.4, 0.5) is 5.69 Å². The van der Waals surface area contributed by atoms with E-state index in [0.29, 0.717) is 5.75 Å². The van der Waals surface area contributed by atoms with E-state index in [4.69, 9.17) is 16.3 Å². The normalized spacial score (nSPS) is 11.5. The summed E-state index contributed by atoms with van der Waals surface area (Å²) in [6.45, 7) is 0. The van der Waals surface area contributed by atoms with Gasteiger partial charge in [0, 0.05) is 40.7 Å². The zero-order valence-corrected chi connectivity index (χ0v) is 14.4. The van der Waals surface area contributed by atoms with E-state index in [2.05, 4.69) is 5.32 Å². The highest BCUT2D eigenvalue weighted by Gasteiger charge is 2.21. The number of nitro groups is 1. The second-order valence-electron chi connectivity index (χ2n) is 5.29. The summed E-state index contributed by atoms with van der Waals surface area (Å²) in [7, 11) is 1.48. The van der Waals surface area contributed by atoms with Gasteiger partial charge in [-0.3, -0.25) is 14.9 Å². The predicted octanol–water partition coefficient (Wildman–Crippen LogP) is 1.87. The molecule has 0 fully saturated rings. The van der Waals surface area contributed by atoms with Gasteiger partial charge >= 0.3 is 0 Å². The van der Waals surface area contributed by atoms with Crippen LogP contribution in [0.15, 0.2) is 42.5 Å². The zero-order valence-electron chi connectivity index (χ0n) is 13.6. The van der Waals surface area contributed by atoms with Crippen LogP contribution in [0.25, 0.3) is 0 Å². The Kier molecular flexibility index (Phi) is 6.13. The van der Waals surface area contributed by atoms with Crippen LogP contribution in [0.5, 0.6) is 5.75 Å². The SMILES string of the molecule is COc1ccc(C(=O)N[C@H](CC(=O)[O-])c2cc([N+](=O)[O-])ccc2Cl)cc1. The first kappa shape index (κ1) is 19.2. The van der Waals surface area contributed by atoms with E-state index in [1.54, 1.807) is 12.1 Å². The molecule has 1 amide bonds. The monoisotopic (exact) mass is 377 g/mol. The van der Waals surface area contributed by atoms with Crippen molar-refractivity contribution < 1.29 is 24.4 Å². The van der Waals surface area contributed by atoms with E-state index in [1.165, 1.54) is 31.4 Å². The summed E-state index contributed by atoms with van der Waals surface area (Å²) in [4.78, 5) is 33.8. The van der Waals surface area contributed by atoms with Gasteiger partial charge in [0.1, 0.15) is 5.75 Å². The van der Waals surface area contributed by atoms with Gasteiger partial charge in [0.2, 0.25) is 0 Å². The lowest BCUT2D eigenvalue weighted by molar-refractivity contribution is -0.385. The van der Waals surface area contributed by atoms with Crippen LogP contribution in [0.2, 0.25) is 5.02 Å². The number of non-ortho nitro benzene ring substituents is 1. The minimum absolute atomic E-state index is 0.0943. The molecule has 1 atom stereocenters. The van der Waals surface area contributed by atoms with Gasteiger partial charge in [-0.05, 0) is 30.3 Å². The van der Waals surface area contributed by atoms with E-state index in [0.717, 1.165) is 6.07 Å². The molecular formula is C17H14ClN2O6-. The van der Waals surface area contributed by atoms with Crippen LogP contribution in [0, 0.1) is 10.1 Å². The molecule has 2 aromatic carbocycles. The van der Waals surface area contributed by atoms with Crippen molar-refractivity contribution in [3.63, 3.8) is 0 Å². The lowest BCUT2D eigenvalue weighted by Gasteiger charge is -2.21. The van der Waals surface area contributed by atoms with E-state index in [9.17, 15) is 24.8 Å². The predicted molar refractivity (Wildman–Crippen MR) is 90.9 cm³/mol. The molecule has 0 aliphatic heterocycles. The summed E-state index contributed by atoms with van der Waals surface area (Å²) < 4.78 is 5.00. The zero-order chi connectivity index (χ0) is 19.3. The van der Waals surface area contributed by atoms with Crippen LogP contribution in [-0.2, 0) is 4.79 Å². The molecule has 26 heavy (non-hydrogen) atoms. The molecule has 0 spiro atoms. The lowest BCUT2D eigenvalue weighted by Crippen LogP contribution is -2.34. The maximum absolute atomic E-state index is 12.4. The topological polar surface area (TPSA) is 122 Å². The number of carboxylic acids is 1. The first-order valence-electron chi connectivity index (χ1n) is 7.40. The van der Waals surface area contributed by atoms with Gasteiger partial charge in [-0.1, -0.05) is 11.6 Å².